The van der Waals surface area contributed by atoms with Crippen LogP contribution in [0.5, 0.6) is 5.75 Å². The largest absolute Gasteiger partial charge is 0.490 e. The van der Waals surface area contributed by atoms with Crippen molar-refractivity contribution in [3.63, 3.8) is 0 Å². The lowest BCUT2D eigenvalue weighted by molar-refractivity contribution is -0.122. The zero-order valence-corrected chi connectivity index (χ0v) is 18.4. The van der Waals surface area contributed by atoms with Crippen LogP contribution >= 0.6 is 0 Å². The normalized spacial score (nSPS) is 21.5. The van der Waals surface area contributed by atoms with E-state index in [1.165, 1.54) is 4.90 Å². The summed E-state index contributed by atoms with van der Waals surface area (Å²) in [4.78, 5) is 28.9. The summed E-state index contributed by atoms with van der Waals surface area (Å²) in [5.74, 6) is 1.26. The van der Waals surface area contributed by atoms with Crippen molar-refractivity contribution < 1.29 is 24.0 Å². The molecule has 33 heavy (non-hydrogen) atoms. The fraction of sp³-hybridized carbons (Fsp3) is 0.417. The minimum Gasteiger partial charge on any atom is -0.490 e. The molecule has 3 heterocycles. The predicted octanol–water partition coefficient (Wildman–Crippen LogP) is 3.35. The molecule has 2 amide bonds. The van der Waals surface area contributed by atoms with Gasteiger partial charge in [-0.05, 0) is 48.3 Å². The van der Waals surface area contributed by atoms with Gasteiger partial charge in [-0.3, -0.25) is 9.78 Å². The summed E-state index contributed by atoms with van der Waals surface area (Å²) in [6.45, 7) is 1.03. The number of nitrogens with zero attached hydrogens (tertiary/aromatic N) is 3. The van der Waals surface area contributed by atoms with E-state index in [1.54, 1.807) is 19.3 Å². The van der Waals surface area contributed by atoms with E-state index in [9.17, 15) is 14.7 Å². The van der Waals surface area contributed by atoms with Crippen molar-refractivity contribution in [1.29, 1.82) is 0 Å². The average molecular weight is 450 g/mol. The first-order valence-corrected chi connectivity index (χ1v) is 11.1. The summed E-state index contributed by atoms with van der Waals surface area (Å²) >= 11 is 0. The number of likely N-dealkylation sites (tertiary alicyclic amines) is 1. The Morgan fingerprint density at radius 2 is 2.06 bits per heavy atom. The summed E-state index contributed by atoms with van der Waals surface area (Å²) in [5, 5.41) is 17.9. The quantitative estimate of drug-likeness (QED) is 0.612. The summed E-state index contributed by atoms with van der Waals surface area (Å²) in [6.07, 6.45) is 5.67. The van der Waals surface area contributed by atoms with Gasteiger partial charge in [-0.1, -0.05) is 11.2 Å². The van der Waals surface area contributed by atoms with Crippen molar-refractivity contribution in [1.82, 2.24) is 20.4 Å². The van der Waals surface area contributed by atoms with E-state index in [-0.39, 0.29) is 29.0 Å². The van der Waals surface area contributed by atoms with Gasteiger partial charge in [-0.15, -0.1) is 0 Å². The lowest BCUT2D eigenvalue weighted by atomic mass is 9.52. The molecule has 2 fully saturated rings. The molecule has 2 aromatic heterocycles. The Kier molecular flexibility index (Phi) is 5.39. The summed E-state index contributed by atoms with van der Waals surface area (Å²) < 4.78 is 11.9. The van der Waals surface area contributed by atoms with Gasteiger partial charge < -0.3 is 24.6 Å². The number of hydrogen-bond acceptors (Lipinski definition) is 6. The van der Waals surface area contributed by atoms with E-state index >= 15 is 0 Å². The molecule has 2 atom stereocenters. The highest BCUT2D eigenvalue weighted by molar-refractivity contribution is 5.91. The van der Waals surface area contributed by atoms with Gasteiger partial charge >= 0.3 is 6.09 Å². The highest BCUT2D eigenvalue weighted by Crippen LogP contribution is 2.56. The maximum Gasteiger partial charge on any atom is 0.407 e. The number of amides is 2. The van der Waals surface area contributed by atoms with Crippen LogP contribution in [0, 0.1) is 11.3 Å². The van der Waals surface area contributed by atoms with E-state index in [1.807, 2.05) is 30.5 Å². The Hall–Kier alpha value is -3.62. The molecule has 9 heteroatoms. The monoisotopic (exact) mass is 450 g/mol. The Balaban J connectivity index is 1.36. The molecule has 0 radical (unpaired) electrons. The number of ether oxygens (including phenoxy) is 1. The molecule has 1 spiro atoms. The fourth-order valence-corrected chi connectivity index (χ4v) is 5.29. The number of piperidine rings is 1. The molecule has 1 aliphatic heterocycles. The zero-order chi connectivity index (χ0) is 23.0. The van der Waals surface area contributed by atoms with E-state index in [0.29, 0.717) is 25.3 Å². The zero-order valence-electron chi connectivity index (χ0n) is 18.4. The van der Waals surface area contributed by atoms with Gasteiger partial charge in [0.05, 0.1) is 0 Å². The number of carbonyl (C=O) groups excluding carboxylic acids is 1. The summed E-state index contributed by atoms with van der Waals surface area (Å²) in [6, 6.07) is 9.62. The van der Waals surface area contributed by atoms with Crippen LogP contribution in [0.25, 0.3) is 10.8 Å². The van der Waals surface area contributed by atoms with Crippen molar-refractivity contribution in [2.24, 2.45) is 11.3 Å². The van der Waals surface area contributed by atoms with Crippen molar-refractivity contribution in [2.75, 3.05) is 20.1 Å². The minimum absolute atomic E-state index is 0.0189. The van der Waals surface area contributed by atoms with Gasteiger partial charge in [0.2, 0.25) is 0 Å². The van der Waals surface area contributed by atoms with Crippen molar-refractivity contribution >= 4 is 22.8 Å². The first-order chi connectivity index (χ1) is 16.0. The van der Waals surface area contributed by atoms with Gasteiger partial charge in [0, 0.05) is 56.3 Å². The average Bonchev–Trinajstić information content (AvgIpc) is 3.31. The Morgan fingerprint density at radius 3 is 2.82 bits per heavy atom. The maximum absolute atomic E-state index is 11.9. The van der Waals surface area contributed by atoms with Crippen LogP contribution in [0.4, 0.5) is 4.79 Å². The number of rotatable bonds is 5. The van der Waals surface area contributed by atoms with Crippen molar-refractivity contribution in [2.45, 2.75) is 31.8 Å². The molecular formula is C24H26N4O5. The number of carbonyl (C=O) groups is 2. The molecule has 1 aromatic carbocycles. The van der Waals surface area contributed by atoms with Crippen LogP contribution in [0.3, 0.4) is 0 Å². The second kappa shape index (κ2) is 8.38. The summed E-state index contributed by atoms with van der Waals surface area (Å²) in [5.41, 5.74) is 0.232. The van der Waals surface area contributed by atoms with Gasteiger partial charge in [-0.25, -0.2) is 4.79 Å². The smallest absolute Gasteiger partial charge is 0.407 e. The molecule has 0 bridgehead atoms. The molecule has 2 aliphatic rings. The second-order valence-electron chi connectivity index (χ2n) is 8.95. The van der Waals surface area contributed by atoms with Crippen LogP contribution in [0.15, 0.2) is 47.2 Å². The number of aromatic nitrogens is 2. The molecule has 9 nitrogen and oxygen atoms in total. The van der Waals surface area contributed by atoms with Gasteiger partial charge in [0.15, 0.2) is 5.69 Å². The molecule has 5 rings (SSSR count). The first kappa shape index (κ1) is 21.2. The Labute approximate surface area is 190 Å². The molecule has 2 unspecified atom stereocenters. The molecule has 3 aromatic rings. The number of pyridine rings is 1. The van der Waals surface area contributed by atoms with Crippen molar-refractivity contribution in [3.05, 3.63) is 54.2 Å². The molecule has 1 saturated heterocycles. The molecular weight excluding hydrogens is 424 g/mol. The van der Waals surface area contributed by atoms with Crippen LogP contribution in [-0.4, -0.2) is 58.4 Å². The summed E-state index contributed by atoms with van der Waals surface area (Å²) in [7, 11) is 1.55. The van der Waals surface area contributed by atoms with Gasteiger partial charge in [0.25, 0.3) is 5.91 Å². The van der Waals surface area contributed by atoms with Crippen LogP contribution in [-0.2, 0) is 6.42 Å². The number of carboxylic acid groups (broad SMARTS) is 1. The maximum atomic E-state index is 11.9. The van der Waals surface area contributed by atoms with E-state index in [2.05, 4.69) is 15.5 Å². The van der Waals surface area contributed by atoms with Crippen molar-refractivity contribution in [3.8, 4) is 5.75 Å². The highest BCUT2D eigenvalue weighted by atomic mass is 16.5. The number of nitrogens with one attached hydrogen (secondary N) is 1. The second-order valence-corrected chi connectivity index (χ2v) is 8.95. The number of fused-ring (bicyclic) bond motifs is 1. The molecule has 1 saturated carbocycles. The third-order valence-corrected chi connectivity index (χ3v) is 7.21. The lowest BCUT2D eigenvalue weighted by Crippen LogP contribution is -2.59. The Bertz CT molecular complexity index is 1180. The fourth-order valence-electron chi connectivity index (χ4n) is 5.29. The first-order valence-electron chi connectivity index (χ1n) is 11.1. The van der Waals surface area contributed by atoms with Crippen LogP contribution in [0.1, 0.15) is 35.5 Å². The van der Waals surface area contributed by atoms with E-state index < -0.39 is 6.09 Å². The van der Waals surface area contributed by atoms with E-state index in [4.69, 9.17) is 9.26 Å². The minimum atomic E-state index is -0.872. The topological polar surface area (TPSA) is 118 Å². The van der Waals surface area contributed by atoms with Crippen LogP contribution < -0.4 is 10.1 Å². The predicted molar refractivity (Wildman–Crippen MR) is 119 cm³/mol. The SMILES string of the molecule is CNC(=O)c1cc(CC2C(Oc3ccc4ccncc4c3)CC23CCN(C(=O)O)CC3)on1. The third kappa shape index (κ3) is 3.99. The molecule has 1 aliphatic carbocycles. The lowest BCUT2D eigenvalue weighted by Gasteiger charge is -2.57. The molecule has 172 valence electrons. The number of benzene rings is 1. The highest BCUT2D eigenvalue weighted by Gasteiger charge is 2.56. The van der Waals surface area contributed by atoms with Gasteiger partial charge in [-0.2, -0.15) is 0 Å². The van der Waals surface area contributed by atoms with E-state index in [0.717, 1.165) is 35.8 Å². The third-order valence-electron chi connectivity index (χ3n) is 7.21. The van der Waals surface area contributed by atoms with Crippen LogP contribution in [0.2, 0.25) is 0 Å². The standard InChI is InChI=1S/C24H26N4O5/c1-25-22(29)20-12-18(33-27-20)11-19-21(13-24(19)5-8-28(9-6-24)23(30)31)32-17-3-2-15-4-7-26-14-16(15)10-17/h2-4,7,10,12,14,19,21H,5-6,8-9,11,13H2,1H3,(H,25,29)(H,30,31). The molecule has 2 N–H and O–H groups in total. The van der Waals surface area contributed by atoms with Gasteiger partial charge in [0.1, 0.15) is 17.6 Å². The number of hydrogen-bond donors (Lipinski definition) is 2. The Morgan fingerprint density at radius 1 is 1.24 bits per heavy atom.